The Hall–Kier alpha value is -3.00. The molecule has 1 unspecified atom stereocenters. The molecule has 7 nitrogen and oxygen atoms in total. The minimum absolute atomic E-state index is 0.0463. The molecule has 1 aliphatic heterocycles. The Morgan fingerprint density at radius 2 is 1.83 bits per heavy atom. The van der Waals surface area contributed by atoms with E-state index in [0.29, 0.717) is 30.8 Å². The molecule has 1 aromatic heterocycles. The summed E-state index contributed by atoms with van der Waals surface area (Å²) in [5, 5.41) is 0. The highest BCUT2D eigenvalue weighted by atomic mass is 19.1. The fourth-order valence-electron chi connectivity index (χ4n) is 3.53. The summed E-state index contributed by atoms with van der Waals surface area (Å²) in [6.07, 6.45) is 2.24. The van der Waals surface area contributed by atoms with Crippen molar-refractivity contribution in [2.45, 2.75) is 19.4 Å². The van der Waals surface area contributed by atoms with Crippen LogP contribution in [0.1, 0.15) is 22.3 Å². The van der Waals surface area contributed by atoms with Gasteiger partial charge in [-0.25, -0.2) is 4.39 Å². The number of likely N-dealkylation sites (N-methyl/N-ethyl adjacent to an activating group) is 1. The Morgan fingerprint density at radius 3 is 2.48 bits per heavy atom. The number of nitrogens with zero attached hydrogens (tertiary/aromatic N) is 3. The molecule has 3 rings (SSSR count). The molecule has 0 bridgehead atoms. The van der Waals surface area contributed by atoms with E-state index in [1.165, 1.54) is 40.8 Å². The van der Waals surface area contributed by atoms with Crippen molar-refractivity contribution in [3.63, 3.8) is 0 Å². The van der Waals surface area contributed by atoms with Gasteiger partial charge in [-0.2, -0.15) is 0 Å². The standard InChI is InChI=1S/C21H24FN3O4/c1-14-9-12-25(16-7-5-15(22)6-8-16)20(27)18(14)19(26)24-11-4-10-23(2)17(13-24)21(28)29-3/h5-9,12,17H,4,10-11,13H2,1-3H3. The van der Waals surface area contributed by atoms with Gasteiger partial charge in [0.15, 0.2) is 0 Å². The van der Waals surface area contributed by atoms with Gasteiger partial charge < -0.3 is 9.64 Å². The monoisotopic (exact) mass is 401 g/mol. The summed E-state index contributed by atoms with van der Waals surface area (Å²) in [6.45, 7) is 2.91. The number of ether oxygens (including phenoxy) is 1. The first-order valence-corrected chi connectivity index (χ1v) is 9.39. The molecule has 1 aromatic carbocycles. The summed E-state index contributed by atoms with van der Waals surface area (Å²) >= 11 is 0. The van der Waals surface area contributed by atoms with Crippen LogP contribution in [0.4, 0.5) is 4.39 Å². The van der Waals surface area contributed by atoms with Gasteiger partial charge in [-0.15, -0.1) is 0 Å². The summed E-state index contributed by atoms with van der Waals surface area (Å²) in [4.78, 5) is 41.9. The summed E-state index contributed by atoms with van der Waals surface area (Å²) in [5.41, 5.74) is 0.581. The average molecular weight is 401 g/mol. The Kier molecular flexibility index (Phi) is 6.12. The molecule has 2 heterocycles. The van der Waals surface area contributed by atoms with Crippen molar-refractivity contribution in [2.75, 3.05) is 33.8 Å². The predicted molar refractivity (Wildman–Crippen MR) is 106 cm³/mol. The molecule has 1 amide bonds. The number of hydrogen-bond donors (Lipinski definition) is 0. The van der Waals surface area contributed by atoms with E-state index in [0.717, 1.165) is 0 Å². The lowest BCUT2D eigenvalue weighted by atomic mass is 10.1. The van der Waals surface area contributed by atoms with E-state index in [2.05, 4.69) is 0 Å². The van der Waals surface area contributed by atoms with Crippen molar-refractivity contribution in [3.05, 3.63) is 63.8 Å². The van der Waals surface area contributed by atoms with Crippen LogP contribution < -0.4 is 5.56 Å². The molecule has 8 heteroatoms. The average Bonchev–Trinajstić information content (AvgIpc) is 2.90. The van der Waals surface area contributed by atoms with Gasteiger partial charge in [0.25, 0.3) is 11.5 Å². The van der Waals surface area contributed by atoms with Crippen LogP contribution in [0, 0.1) is 12.7 Å². The minimum Gasteiger partial charge on any atom is -0.468 e. The normalized spacial score (nSPS) is 17.7. The van der Waals surface area contributed by atoms with Crippen LogP contribution in [0.2, 0.25) is 0 Å². The van der Waals surface area contributed by atoms with Gasteiger partial charge in [0.2, 0.25) is 0 Å². The van der Waals surface area contributed by atoms with Gasteiger partial charge in [-0.05, 0) is 56.3 Å². The van der Waals surface area contributed by atoms with Gasteiger partial charge in [0, 0.05) is 31.5 Å². The number of benzene rings is 1. The SMILES string of the molecule is COC(=O)C1CN(C(=O)c2c(C)ccn(-c3ccc(F)cc3)c2=O)CCCN1C. The number of carbonyl (C=O) groups excluding carboxylic acids is 2. The smallest absolute Gasteiger partial charge is 0.324 e. The van der Waals surface area contributed by atoms with Crippen molar-refractivity contribution in [1.82, 2.24) is 14.4 Å². The molecular formula is C21H24FN3O4. The Bertz CT molecular complexity index is 971. The molecule has 0 aliphatic carbocycles. The first kappa shape index (κ1) is 20.7. The van der Waals surface area contributed by atoms with Gasteiger partial charge >= 0.3 is 5.97 Å². The maximum atomic E-state index is 13.3. The van der Waals surface area contributed by atoms with Crippen LogP contribution in [0.15, 0.2) is 41.3 Å². The van der Waals surface area contributed by atoms with Crippen LogP contribution in [0.3, 0.4) is 0 Å². The molecule has 2 aromatic rings. The van der Waals surface area contributed by atoms with Crippen LogP contribution in [-0.4, -0.2) is 66.1 Å². The molecule has 1 saturated heterocycles. The molecular weight excluding hydrogens is 377 g/mol. The molecule has 154 valence electrons. The van der Waals surface area contributed by atoms with Gasteiger partial charge in [-0.1, -0.05) is 0 Å². The molecule has 1 atom stereocenters. The Balaban J connectivity index is 1.98. The lowest BCUT2D eigenvalue weighted by Crippen LogP contribution is -2.47. The summed E-state index contributed by atoms with van der Waals surface area (Å²) < 4.78 is 19.4. The third kappa shape index (κ3) is 4.22. The number of amides is 1. The molecule has 0 spiro atoms. The fraction of sp³-hybridized carbons (Fsp3) is 0.381. The number of methoxy groups -OCH3 is 1. The third-order valence-corrected chi connectivity index (χ3v) is 5.24. The van der Waals surface area contributed by atoms with Crippen molar-refractivity contribution in [2.24, 2.45) is 0 Å². The molecule has 0 radical (unpaired) electrons. The topological polar surface area (TPSA) is 71.8 Å². The van der Waals surface area contributed by atoms with Gasteiger partial charge in [-0.3, -0.25) is 23.9 Å². The second-order valence-electron chi connectivity index (χ2n) is 7.15. The first-order chi connectivity index (χ1) is 13.8. The molecule has 1 fully saturated rings. The lowest BCUT2D eigenvalue weighted by Gasteiger charge is -2.27. The zero-order valence-electron chi connectivity index (χ0n) is 16.7. The molecule has 0 N–H and O–H groups in total. The van der Waals surface area contributed by atoms with E-state index in [1.807, 2.05) is 11.9 Å². The number of pyridine rings is 1. The van der Waals surface area contributed by atoms with Crippen LogP contribution >= 0.6 is 0 Å². The lowest BCUT2D eigenvalue weighted by molar-refractivity contribution is -0.146. The number of esters is 1. The number of rotatable bonds is 3. The number of carbonyl (C=O) groups is 2. The second-order valence-corrected chi connectivity index (χ2v) is 7.15. The summed E-state index contributed by atoms with van der Waals surface area (Å²) in [7, 11) is 3.13. The number of halogens is 1. The number of aryl methyl sites for hydroxylation is 1. The van der Waals surface area contributed by atoms with Crippen molar-refractivity contribution >= 4 is 11.9 Å². The predicted octanol–water partition coefficient (Wildman–Crippen LogP) is 1.60. The van der Waals surface area contributed by atoms with E-state index in [9.17, 15) is 18.8 Å². The number of hydrogen-bond acceptors (Lipinski definition) is 5. The van der Waals surface area contributed by atoms with Gasteiger partial charge in [0.05, 0.1) is 7.11 Å². The van der Waals surface area contributed by atoms with E-state index in [4.69, 9.17) is 4.74 Å². The number of aromatic nitrogens is 1. The first-order valence-electron chi connectivity index (χ1n) is 9.39. The Labute approximate surface area is 168 Å². The zero-order valence-corrected chi connectivity index (χ0v) is 16.7. The van der Waals surface area contributed by atoms with Crippen molar-refractivity contribution in [3.8, 4) is 5.69 Å². The minimum atomic E-state index is -0.588. The van der Waals surface area contributed by atoms with E-state index in [-0.39, 0.29) is 12.1 Å². The van der Waals surface area contributed by atoms with E-state index in [1.54, 1.807) is 19.2 Å². The zero-order chi connectivity index (χ0) is 21.1. The van der Waals surface area contributed by atoms with Crippen LogP contribution in [-0.2, 0) is 9.53 Å². The van der Waals surface area contributed by atoms with Crippen LogP contribution in [0.5, 0.6) is 0 Å². The third-order valence-electron chi connectivity index (χ3n) is 5.24. The highest BCUT2D eigenvalue weighted by Gasteiger charge is 2.32. The maximum Gasteiger partial charge on any atom is 0.324 e. The highest BCUT2D eigenvalue weighted by molar-refractivity contribution is 5.95. The second kappa shape index (κ2) is 8.57. The largest absolute Gasteiger partial charge is 0.468 e. The van der Waals surface area contributed by atoms with Gasteiger partial charge in [0.1, 0.15) is 17.4 Å². The molecule has 29 heavy (non-hydrogen) atoms. The Morgan fingerprint density at radius 1 is 1.14 bits per heavy atom. The summed E-state index contributed by atoms with van der Waals surface area (Å²) in [6, 6.07) is 6.57. The van der Waals surface area contributed by atoms with Crippen molar-refractivity contribution < 1.29 is 18.7 Å². The fourth-order valence-corrected chi connectivity index (χ4v) is 3.53. The van der Waals surface area contributed by atoms with E-state index >= 15 is 0 Å². The van der Waals surface area contributed by atoms with Crippen LogP contribution in [0.25, 0.3) is 5.69 Å². The quantitative estimate of drug-likeness (QED) is 0.731. The van der Waals surface area contributed by atoms with E-state index < -0.39 is 29.3 Å². The molecule has 1 aliphatic rings. The van der Waals surface area contributed by atoms with Crippen molar-refractivity contribution in [1.29, 1.82) is 0 Å². The highest BCUT2D eigenvalue weighted by Crippen LogP contribution is 2.15. The summed E-state index contributed by atoms with van der Waals surface area (Å²) in [5.74, 6) is -1.25. The molecule has 0 saturated carbocycles. The maximum absolute atomic E-state index is 13.3.